The second kappa shape index (κ2) is 6.44. The standard InChI is InChI=1S/C16H20N2O2/c1-4-9-18-15-8-7-13(20-12(2)3)11-14(15)17-16(18)6-5-10-19/h1,7-8,11-12,19H,5-6,9-10H2,2-3H3. The van der Waals surface area contributed by atoms with Crippen LogP contribution in [0.3, 0.4) is 0 Å². The minimum atomic E-state index is 0.133. The molecule has 0 spiro atoms. The zero-order valence-corrected chi connectivity index (χ0v) is 12.0. The van der Waals surface area contributed by atoms with Gasteiger partial charge in [-0.15, -0.1) is 6.42 Å². The molecule has 0 fully saturated rings. The Morgan fingerprint density at radius 3 is 2.90 bits per heavy atom. The Morgan fingerprint density at radius 1 is 1.45 bits per heavy atom. The number of aliphatic hydroxyl groups excluding tert-OH is 1. The molecule has 1 aromatic heterocycles. The molecule has 1 heterocycles. The Kier molecular flexibility index (Phi) is 4.65. The molecule has 0 radical (unpaired) electrons. The van der Waals surface area contributed by atoms with Crippen LogP contribution in [0.15, 0.2) is 18.2 Å². The molecular formula is C16H20N2O2. The second-order valence-corrected chi connectivity index (χ2v) is 4.96. The predicted molar refractivity (Wildman–Crippen MR) is 79.7 cm³/mol. The van der Waals surface area contributed by atoms with Crippen LogP contribution in [0.1, 0.15) is 26.1 Å². The molecule has 4 nitrogen and oxygen atoms in total. The summed E-state index contributed by atoms with van der Waals surface area (Å²) in [6.45, 7) is 4.63. The van der Waals surface area contributed by atoms with Gasteiger partial charge in [0.2, 0.25) is 0 Å². The molecule has 0 amide bonds. The Hall–Kier alpha value is -1.99. The summed E-state index contributed by atoms with van der Waals surface area (Å²) < 4.78 is 7.70. The maximum absolute atomic E-state index is 8.97. The lowest BCUT2D eigenvalue weighted by molar-refractivity contribution is 0.242. The monoisotopic (exact) mass is 272 g/mol. The van der Waals surface area contributed by atoms with Crippen molar-refractivity contribution in [2.45, 2.75) is 39.3 Å². The summed E-state index contributed by atoms with van der Waals surface area (Å²) >= 11 is 0. The van der Waals surface area contributed by atoms with E-state index in [1.807, 2.05) is 36.6 Å². The number of ether oxygens (including phenoxy) is 1. The zero-order valence-electron chi connectivity index (χ0n) is 12.0. The summed E-state index contributed by atoms with van der Waals surface area (Å²) in [5.41, 5.74) is 1.89. The molecule has 0 aliphatic rings. The normalized spacial score (nSPS) is 10.9. The summed E-state index contributed by atoms with van der Waals surface area (Å²) in [6.07, 6.45) is 6.96. The van der Waals surface area contributed by atoms with Crippen molar-refractivity contribution < 1.29 is 9.84 Å². The van der Waals surface area contributed by atoms with Crippen LogP contribution >= 0.6 is 0 Å². The summed E-state index contributed by atoms with van der Waals surface area (Å²) in [6, 6.07) is 5.86. The van der Waals surface area contributed by atoms with Crippen LogP contribution in [0, 0.1) is 12.3 Å². The van der Waals surface area contributed by atoms with Gasteiger partial charge in [-0.2, -0.15) is 0 Å². The summed E-state index contributed by atoms with van der Waals surface area (Å²) in [7, 11) is 0. The lowest BCUT2D eigenvalue weighted by atomic mass is 10.3. The number of benzene rings is 1. The molecule has 0 atom stereocenters. The van der Waals surface area contributed by atoms with Gasteiger partial charge in [-0.25, -0.2) is 4.98 Å². The number of rotatable bonds is 6. The van der Waals surface area contributed by atoms with Gasteiger partial charge in [-0.05, 0) is 32.4 Å². The lowest BCUT2D eigenvalue weighted by Crippen LogP contribution is -2.05. The van der Waals surface area contributed by atoms with Crippen molar-refractivity contribution in [2.75, 3.05) is 6.61 Å². The molecule has 2 aromatic rings. The Morgan fingerprint density at radius 2 is 2.25 bits per heavy atom. The predicted octanol–water partition coefficient (Wildman–Crippen LogP) is 2.38. The average molecular weight is 272 g/mol. The van der Waals surface area contributed by atoms with E-state index in [1.165, 1.54) is 0 Å². The quantitative estimate of drug-likeness (QED) is 0.821. The van der Waals surface area contributed by atoms with E-state index in [9.17, 15) is 0 Å². The van der Waals surface area contributed by atoms with E-state index in [4.69, 9.17) is 16.3 Å². The third-order valence-electron chi connectivity index (χ3n) is 2.98. The molecule has 106 valence electrons. The van der Waals surface area contributed by atoms with Gasteiger partial charge in [0.05, 0.1) is 23.7 Å². The third kappa shape index (κ3) is 3.12. The number of aliphatic hydroxyl groups is 1. The molecule has 1 aromatic carbocycles. The summed E-state index contributed by atoms with van der Waals surface area (Å²) in [5, 5.41) is 8.97. The fraction of sp³-hybridized carbons (Fsp3) is 0.438. The molecule has 4 heteroatoms. The van der Waals surface area contributed by atoms with E-state index < -0.39 is 0 Å². The number of hydrogen-bond donors (Lipinski definition) is 1. The zero-order chi connectivity index (χ0) is 14.5. The van der Waals surface area contributed by atoms with Crippen LogP contribution < -0.4 is 4.74 Å². The van der Waals surface area contributed by atoms with E-state index in [0.29, 0.717) is 19.4 Å². The van der Waals surface area contributed by atoms with Gasteiger partial charge >= 0.3 is 0 Å². The largest absolute Gasteiger partial charge is 0.491 e. The first-order chi connectivity index (χ1) is 9.65. The van der Waals surface area contributed by atoms with Gasteiger partial charge in [0, 0.05) is 19.1 Å². The molecule has 0 bridgehead atoms. The minimum Gasteiger partial charge on any atom is -0.491 e. The van der Waals surface area contributed by atoms with Crippen LogP contribution in [0.5, 0.6) is 5.75 Å². The van der Waals surface area contributed by atoms with E-state index >= 15 is 0 Å². The highest BCUT2D eigenvalue weighted by Gasteiger charge is 2.11. The number of fused-ring (bicyclic) bond motifs is 1. The van der Waals surface area contributed by atoms with Crippen LogP contribution in [-0.4, -0.2) is 27.4 Å². The molecule has 0 saturated heterocycles. The van der Waals surface area contributed by atoms with Gasteiger partial charge in [0.15, 0.2) is 0 Å². The highest BCUT2D eigenvalue weighted by atomic mass is 16.5. The molecule has 0 aliphatic heterocycles. The van der Waals surface area contributed by atoms with Crippen molar-refractivity contribution in [2.24, 2.45) is 0 Å². The van der Waals surface area contributed by atoms with Crippen LogP contribution in [0.2, 0.25) is 0 Å². The smallest absolute Gasteiger partial charge is 0.121 e. The highest BCUT2D eigenvalue weighted by Crippen LogP contribution is 2.23. The van der Waals surface area contributed by atoms with E-state index in [2.05, 4.69) is 10.9 Å². The molecule has 0 unspecified atom stereocenters. The van der Waals surface area contributed by atoms with Gasteiger partial charge in [-0.1, -0.05) is 5.92 Å². The Bertz CT molecular complexity index is 623. The summed E-state index contributed by atoms with van der Waals surface area (Å²) in [5.74, 6) is 4.38. The number of hydrogen-bond acceptors (Lipinski definition) is 3. The topological polar surface area (TPSA) is 47.3 Å². The van der Waals surface area contributed by atoms with Gasteiger partial charge in [-0.3, -0.25) is 0 Å². The minimum absolute atomic E-state index is 0.133. The number of imidazole rings is 1. The number of nitrogens with zero attached hydrogens (tertiary/aromatic N) is 2. The van der Waals surface area contributed by atoms with Crippen LogP contribution in [-0.2, 0) is 13.0 Å². The van der Waals surface area contributed by atoms with Crippen molar-refractivity contribution in [3.8, 4) is 18.1 Å². The SMILES string of the molecule is C#CCn1c(CCCO)nc2cc(OC(C)C)ccc21. The highest BCUT2D eigenvalue weighted by molar-refractivity contribution is 5.78. The molecule has 0 saturated carbocycles. The van der Waals surface area contributed by atoms with E-state index in [1.54, 1.807) is 0 Å². The number of aromatic nitrogens is 2. The number of terminal acetylenes is 1. The molecule has 20 heavy (non-hydrogen) atoms. The summed E-state index contributed by atoms with van der Waals surface area (Å²) in [4.78, 5) is 4.61. The van der Waals surface area contributed by atoms with Crippen LogP contribution in [0.25, 0.3) is 11.0 Å². The average Bonchev–Trinajstić information content (AvgIpc) is 2.73. The second-order valence-electron chi connectivity index (χ2n) is 4.96. The van der Waals surface area contributed by atoms with Crippen molar-refractivity contribution in [3.05, 3.63) is 24.0 Å². The van der Waals surface area contributed by atoms with Gasteiger partial charge < -0.3 is 14.4 Å². The Balaban J connectivity index is 2.41. The fourth-order valence-electron chi connectivity index (χ4n) is 2.20. The van der Waals surface area contributed by atoms with Gasteiger partial charge in [0.25, 0.3) is 0 Å². The first kappa shape index (κ1) is 14.4. The maximum Gasteiger partial charge on any atom is 0.121 e. The first-order valence-electron chi connectivity index (χ1n) is 6.86. The van der Waals surface area contributed by atoms with E-state index in [0.717, 1.165) is 22.6 Å². The molecule has 0 aliphatic carbocycles. The Labute approximate surface area is 119 Å². The molecular weight excluding hydrogens is 252 g/mol. The molecule has 2 rings (SSSR count). The van der Waals surface area contributed by atoms with Crippen molar-refractivity contribution in [1.29, 1.82) is 0 Å². The van der Waals surface area contributed by atoms with E-state index in [-0.39, 0.29) is 12.7 Å². The van der Waals surface area contributed by atoms with Crippen LogP contribution in [0.4, 0.5) is 0 Å². The number of aryl methyl sites for hydroxylation is 1. The third-order valence-corrected chi connectivity index (χ3v) is 2.98. The van der Waals surface area contributed by atoms with Crippen molar-refractivity contribution in [1.82, 2.24) is 9.55 Å². The first-order valence-corrected chi connectivity index (χ1v) is 6.86. The van der Waals surface area contributed by atoms with Crippen molar-refractivity contribution in [3.63, 3.8) is 0 Å². The van der Waals surface area contributed by atoms with Crippen molar-refractivity contribution >= 4 is 11.0 Å². The van der Waals surface area contributed by atoms with Gasteiger partial charge in [0.1, 0.15) is 11.6 Å². The maximum atomic E-state index is 8.97. The fourth-order valence-corrected chi connectivity index (χ4v) is 2.20. The molecule has 1 N–H and O–H groups in total. The lowest BCUT2D eigenvalue weighted by Gasteiger charge is -2.09.